The minimum Gasteiger partial charge on any atom is -0.461 e. The number of H-pyrrole nitrogens is 1. The third kappa shape index (κ3) is 3.90. The number of likely N-dealkylation sites (tertiary alicyclic amines) is 1. The number of nitrogens with one attached hydrogen (secondary N) is 2. The van der Waals surface area contributed by atoms with Crippen molar-refractivity contribution < 1.29 is 18.7 Å². The molecule has 1 saturated heterocycles. The third-order valence-electron chi connectivity index (χ3n) is 6.92. The quantitative estimate of drug-likeness (QED) is 0.564. The van der Waals surface area contributed by atoms with Crippen LogP contribution in [0.2, 0.25) is 0 Å². The summed E-state index contributed by atoms with van der Waals surface area (Å²) < 4.78 is 20.9. The van der Waals surface area contributed by atoms with E-state index in [0.29, 0.717) is 30.5 Å². The normalized spacial score (nSPS) is 20.6. The van der Waals surface area contributed by atoms with Crippen molar-refractivity contribution >= 4 is 28.5 Å². The van der Waals surface area contributed by atoms with Gasteiger partial charge in [0.25, 0.3) is 5.56 Å². The molecule has 0 radical (unpaired) electrons. The SMILES string of the molecule is CCOC(=O)c1[nH]c2ccc(F)cc2c1NC(=O)C(C)N1CC2CC(C1)c1cccc(=O)n1C2. The predicted molar refractivity (Wildman–Crippen MR) is 125 cm³/mol. The molecule has 3 aromatic rings. The van der Waals surface area contributed by atoms with E-state index in [1.54, 1.807) is 19.1 Å². The Morgan fingerprint density at radius 1 is 1.24 bits per heavy atom. The number of nitrogens with zero attached hydrogens (tertiary/aromatic N) is 2. The van der Waals surface area contributed by atoms with Crippen LogP contribution in [0.3, 0.4) is 0 Å². The largest absolute Gasteiger partial charge is 0.461 e. The molecule has 9 heteroatoms. The van der Waals surface area contributed by atoms with E-state index in [-0.39, 0.29) is 41.3 Å². The number of esters is 1. The van der Waals surface area contributed by atoms with Gasteiger partial charge in [-0.3, -0.25) is 14.5 Å². The van der Waals surface area contributed by atoms with Crippen LogP contribution in [0, 0.1) is 11.7 Å². The van der Waals surface area contributed by atoms with E-state index < -0.39 is 17.8 Å². The number of amides is 1. The first-order valence-corrected chi connectivity index (χ1v) is 11.6. The van der Waals surface area contributed by atoms with Crippen molar-refractivity contribution in [2.75, 3.05) is 25.0 Å². The lowest BCUT2D eigenvalue weighted by atomic mass is 9.82. The smallest absolute Gasteiger partial charge is 0.356 e. The first-order chi connectivity index (χ1) is 16.4. The topological polar surface area (TPSA) is 96.4 Å². The molecule has 1 amide bonds. The van der Waals surface area contributed by atoms with Crippen LogP contribution in [0.15, 0.2) is 41.2 Å². The number of rotatable bonds is 5. The molecule has 34 heavy (non-hydrogen) atoms. The Kier molecular flexibility index (Phi) is 5.73. The van der Waals surface area contributed by atoms with Crippen molar-refractivity contribution in [3.63, 3.8) is 0 Å². The van der Waals surface area contributed by atoms with Crippen LogP contribution >= 0.6 is 0 Å². The van der Waals surface area contributed by atoms with E-state index >= 15 is 0 Å². The van der Waals surface area contributed by atoms with Crippen molar-refractivity contribution in [1.29, 1.82) is 0 Å². The van der Waals surface area contributed by atoms with Gasteiger partial charge in [-0.2, -0.15) is 0 Å². The Bertz CT molecular complexity index is 1330. The van der Waals surface area contributed by atoms with Gasteiger partial charge in [0.2, 0.25) is 5.91 Å². The molecule has 178 valence electrons. The van der Waals surface area contributed by atoms with Gasteiger partial charge < -0.3 is 19.6 Å². The van der Waals surface area contributed by atoms with Gasteiger partial charge >= 0.3 is 5.97 Å². The molecule has 0 aliphatic carbocycles. The van der Waals surface area contributed by atoms with E-state index in [1.807, 2.05) is 17.6 Å². The van der Waals surface area contributed by atoms with Gasteiger partial charge in [0.15, 0.2) is 0 Å². The van der Waals surface area contributed by atoms with Gasteiger partial charge in [0.1, 0.15) is 11.5 Å². The second-order valence-electron chi connectivity index (χ2n) is 9.10. The van der Waals surface area contributed by atoms with Crippen LogP contribution in [0.25, 0.3) is 10.9 Å². The van der Waals surface area contributed by atoms with Crippen molar-refractivity contribution in [2.45, 2.75) is 38.8 Å². The summed E-state index contributed by atoms with van der Waals surface area (Å²) in [7, 11) is 0. The maximum absolute atomic E-state index is 14.0. The molecule has 2 aliphatic heterocycles. The molecule has 5 rings (SSSR count). The summed E-state index contributed by atoms with van der Waals surface area (Å²) in [5.74, 6) is -0.922. The zero-order valence-electron chi connectivity index (χ0n) is 19.1. The lowest BCUT2D eigenvalue weighted by Crippen LogP contribution is -2.52. The molecule has 3 atom stereocenters. The number of carbonyl (C=O) groups is 2. The zero-order chi connectivity index (χ0) is 24.0. The number of aromatic nitrogens is 2. The van der Waals surface area contributed by atoms with E-state index in [9.17, 15) is 18.8 Å². The van der Waals surface area contributed by atoms with Crippen molar-refractivity contribution in [3.05, 3.63) is 64.0 Å². The molecule has 2 bridgehead atoms. The number of hydrogen-bond acceptors (Lipinski definition) is 5. The fraction of sp³-hybridized carbons (Fsp3) is 0.400. The number of ether oxygens (including phenoxy) is 1. The first-order valence-electron chi connectivity index (χ1n) is 11.6. The molecule has 2 aliphatic rings. The monoisotopic (exact) mass is 466 g/mol. The minimum absolute atomic E-state index is 0.0181. The summed E-state index contributed by atoms with van der Waals surface area (Å²) in [6.45, 7) is 5.69. The maximum atomic E-state index is 14.0. The summed E-state index contributed by atoms with van der Waals surface area (Å²) in [6.07, 6.45) is 0.989. The van der Waals surface area contributed by atoms with Crippen molar-refractivity contribution in [1.82, 2.24) is 14.5 Å². The van der Waals surface area contributed by atoms with Crippen LogP contribution in [0.5, 0.6) is 0 Å². The van der Waals surface area contributed by atoms with E-state index in [4.69, 9.17) is 4.74 Å². The molecule has 1 aromatic carbocycles. The number of aromatic amines is 1. The number of fused-ring (bicyclic) bond motifs is 5. The van der Waals surface area contributed by atoms with Crippen LogP contribution in [0.1, 0.15) is 42.4 Å². The van der Waals surface area contributed by atoms with Crippen LogP contribution < -0.4 is 10.9 Å². The number of piperidine rings is 1. The van der Waals surface area contributed by atoms with E-state index in [0.717, 1.165) is 12.1 Å². The highest BCUT2D eigenvalue weighted by Crippen LogP contribution is 2.36. The van der Waals surface area contributed by atoms with E-state index in [2.05, 4.69) is 15.2 Å². The fourth-order valence-electron chi connectivity index (χ4n) is 5.29. The molecule has 3 unspecified atom stereocenters. The summed E-state index contributed by atoms with van der Waals surface area (Å²) in [5, 5.41) is 3.27. The average molecular weight is 467 g/mol. The predicted octanol–water partition coefficient (Wildman–Crippen LogP) is 3.09. The van der Waals surface area contributed by atoms with Gasteiger partial charge in [0, 0.05) is 48.2 Å². The van der Waals surface area contributed by atoms with Gasteiger partial charge in [-0.25, -0.2) is 9.18 Å². The van der Waals surface area contributed by atoms with Gasteiger partial charge in [0.05, 0.1) is 18.3 Å². The van der Waals surface area contributed by atoms with Gasteiger partial charge in [-0.1, -0.05) is 6.07 Å². The number of carbonyl (C=O) groups excluding carboxylic acids is 2. The Morgan fingerprint density at radius 2 is 2.06 bits per heavy atom. The Balaban J connectivity index is 1.40. The van der Waals surface area contributed by atoms with Gasteiger partial charge in [-0.05, 0) is 50.5 Å². The molecular formula is C25H27FN4O4. The molecular weight excluding hydrogens is 439 g/mol. The summed E-state index contributed by atoms with van der Waals surface area (Å²) in [6, 6.07) is 8.98. The highest BCUT2D eigenvalue weighted by molar-refractivity contribution is 6.11. The number of benzene rings is 1. The summed E-state index contributed by atoms with van der Waals surface area (Å²) in [4.78, 5) is 43.2. The number of halogens is 1. The van der Waals surface area contributed by atoms with E-state index in [1.165, 1.54) is 18.2 Å². The molecule has 1 fully saturated rings. The molecule has 0 spiro atoms. The first kappa shape index (κ1) is 22.3. The lowest BCUT2D eigenvalue weighted by molar-refractivity contribution is -0.121. The Morgan fingerprint density at radius 3 is 2.85 bits per heavy atom. The zero-order valence-corrected chi connectivity index (χ0v) is 19.1. The molecule has 8 nitrogen and oxygen atoms in total. The highest BCUT2D eigenvalue weighted by Gasteiger charge is 2.37. The van der Waals surface area contributed by atoms with Crippen molar-refractivity contribution in [3.8, 4) is 0 Å². The third-order valence-corrected chi connectivity index (χ3v) is 6.92. The number of pyridine rings is 1. The maximum Gasteiger partial charge on any atom is 0.356 e. The van der Waals surface area contributed by atoms with Crippen LogP contribution in [-0.2, 0) is 16.1 Å². The molecule has 2 N–H and O–H groups in total. The van der Waals surface area contributed by atoms with Gasteiger partial charge in [-0.15, -0.1) is 0 Å². The lowest BCUT2D eigenvalue weighted by Gasteiger charge is -2.44. The summed E-state index contributed by atoms with van der Waals surface area (Å²) >= 11 is 0. The molecule has 0 saturated carbocycles. The molecule has 4 heterocycles. The second-order valence-corrected chi connectivity index (χ2v) is 9.10. The number of hydrogen-bond donors (Lipinski definition) is 2. The van der Waals surface area contributed by atoms with Crippen molar-refractivity contribution in [2.24, 2.45) is 5.92 Å². The summed E-state index contributed by atoms with van der Waals surface area (Å²) in [5.41, 5.74) is 1.87. The molecule has 2 aromatic heterocycles. The average Bonchev–Trinajstić information content (AvgIpc) is 3.17. The number of anilines is 1. The second kappa shape index (κ2) is 8.72. The standard InChI is InChI=1S/C25H27FN4O4/c1-3-34-25(33)23-22(18-10-17(26)7-8-19(18)27-23)28-24(32)14(2)29-11-15-9-16(13-29)20-5-4-6-21(31)30(20)12-15/h4-8,10,14-16,27H,3,9,11-13H2,1-2H3,(H,28,32). The van der Waals surface area contributed by atoms with Crippen LogP contribution in [-0.4, -0.2) is 52.1 Å². The Labute approximate surface area is 195 Å². The minimum atomic E-state index is -0.614. The fourth-order valence-corrected chi connectivity index (χ4v) is 5.29. The highest BCUT2D eigenvalue weighted by atomic mass is 19.1. The Hall–Kier alpha value is -3.46. The van der Waals surface area contributed by atoms with Crippen LogP contribution in [0.4, 0.5) is 10.1 Å².